The SMILES string of the molecule is COc1cc(/C=N/NC(=O)c2ccc(CN3C(=O)c4cccc5cccc3c45)cc2)ccc1O. The van der Waals surface area contributed by atoms with Gasteiger partial charge in [-0.2, -0.15) is 5.10 Å². The number of anilines is 1. The molecular formula is C27H21N3O4. The molecule has 2 amide bonds. The fraction of sp³-hybridized carbons (Fsp3) is 0.0741. The zero-order valence-corrected chi connectivity index (χ0v) is 18.4. The van der Waals surface area contributed by atoms with Crippen molar-refractivity contribution < 1.29 is 19.4 Å². The van der Waals surface area contributed by atoms with Crippen molar-refractivity contribution >= 4 is 34.5 Å². The standard InChI is InChI=1S/C27H21N3O4/c1-34-24-14-18(10-13-23(24)31)15-28-29-26(32)20-11-8-17(9-12-20)16-30-22-7-3-5-19-4-2-6-21(25(19)22)27(30)33/h2-15,31H,16H2,1H3,(H,29,32)/b28-15+. The zero-order chi connectivity index (χ0) is 23.7. The molecule has 4 aromatic rings. The van der Waals surface area contributed by atoms with Crippen LogP contribution in [0.15, 0.2) is 84.0 Å². The molecule has 0 aromatic heterocycles. The fourth-order valence-corrected chi connectivity index (χ4v) is 4.08. The van der Waals surface area contributed by atoms with E-state index in [0.717, 1.165) is 22.0 Å². The summed E-state index contributed by atoms with van der Waals surface area (Å²) in [5.74, 6) is -0.0292. The average Bonchev–Trinajstić information content (AvgIpc) is 3.13. The van der Waals surface area contributed by atoms with Crippen LogP contribution in [-0.4, -0.2) is 30.2 Å². The molecular weight excluding hydrogens is 430 g/mol. The zero-order valence-electron chi connectivity index (χ0n) is 18.4. The molecule has 5 rings (SSSR count). The van der Waals surface area contributed by atoms with Gasteiger partial charge >= 0.3 is 0 Å². The summed E-state index contributed by atoms with van der Waals surface area (Å²) in [5, 5.41) is 15.6. The fourth-order valence-electron chi connectivity index (χ4n) is 4.08. The smallest absolute Gasteiger partial charge is 0.271 e. The topological polar surface area (TPSA) is 91.2 Å². The largest absolute Gasteiger partial charge is 0.504 e. The first kappa shape index (κ1) is 21.2. The van der Waals surface area contributed by atoms with Gasteiger partial charge in [-0.1, -0.05) is 36.4 Å². The van der Waals surface area contributed by atoms with Crippen LogP contribution in [0.5, 0.6) is 11.5 Å². The monoisotopic (exact) mass is 451 g/mol. The van der Waals surface area contributed by atoms with Crippen LogP contribution in [0.25, 0.3) is 10.8 Å². The molecule has 1 aliphatic heterocycles. The summed E-state index contributed by atoms with van der Waals surface area (Å²) in [6.45, 7) is 0.412. The number of nitrogens with zero attached hydrogens (tertiary/aromatic N) is 2. The van der Waals surface area contributed by atoms with Gasteiger partial charge in [0.25, 0.3) is 11.8 Å². The van der Waals surface area contributed by atoms with Gasteiger partial charge in [-0.25, -0.2) is 5.43 Å². The van der Waals surface area contributed by atoms with Gasteiger partial charge in [0.2, 0.25) is 0 Å². The second-order valence-corrected chi connectivity index (χ2v) is 7.90. The van der Waals surface area contributed by atoms with E-state index in [1.807, 2.05) is 48.5 Å². The number of nitrogens with one attached hydrogen (secondary N) is 1. The van der Waals surface area contributed by atoms with Gasteiger partial charge in [-0.05, 0) is 59.0 Å². The molecule has 1 heterocycles. The van der Waals surface area contributed by atoms with Crippen molar-refractivity contribution in [3.05, 3.63) is 101 Å². The molecule has 0 radical (unpaired) electrons. The third kappa shape index (κ3) is 3.84. The van der Waals surface area contributed by atoms with Crippen LogP contribution in [0.3, 0.4) is 0 Å². The molecule has 4 aromatic carbocycles. The molecule has 0 atom stereocenters. The van der Waals surface area contributed by atoms with Crippen LogP contribution in [0.1, 0.15) is 31.8 Å². The van der Waals surface area contributed by atoms with E-state index in [-0.39, 0.29) is 17.6 Å². The molecule has 168 valence electrons. The lowest BCUT2D eigenvalue weighted by molar-refractivity contribution is 0.0953. The molecule has 0 saturated heterocycles. The van der Waals surface area contributed by atoms with Gasteiger partial charge in [-0.15, -0.1) is 0 Å². The number of phenols is 1. The maximum absolute atomic E-state index is 13.0. The third-order valence-corrected chi connectivity index (χ3v) is 5.79. The minimum Gasteiger partial charge on any atom is -0.504 e. The Morgan fingerprint density at radius 3 is 2.59 bits per heavy atom. The second kappa shape index (κ2) is 8.71. The molecule has 0 fully saturated rings. The molecule has 0 bridgehead atoms. The van der Waals surface area contributed by atoms with Gasteiger partial charge in [0.1, 0.15) is 0 Å². The molecule has 7 heteroatoms. The van der Waals surface area contributed by atoms with Gasteiger partial charge < -0.3 is 14.7 Å². The van der Waals surface area contributed by atoms with Crippen molar-refractivity contribution in [2.24, 2.45) is 5.10 Å². The highest BCUT2D eigenvalue weighted by Crippen LogP contribution is 2.38. The Morgan fingerprint density at radius 1 is 1.06 bits per heavy atom. The summed E-state index contributed by atoms with van der Waals surface area (Å²) in [5.41, 5.74) is 6.13. The highest BCUT2D eigenvalue weighted by atomic mass is 16.5. The van der Waals surface area contributed by atoms with Gasteiger partial charge in [0.05, 0.1) is 25.6 Å². The number of hydrogen-bond acceptors (Lipinski definition) is 5. The molecule has 34 heavy (non-hydrogen) atoms. The molecule has 7 nitrogen and oxygen atoms in total. The molecule has 0 unspecified atom stereocenters. The van der Waals surface area contributed by atoms with Gasteiger partial charge in [0, 0.05) is 16.5 Å². The Bertz CT molecular complexity index is 1440. The van der Waals surface area contributed by atoms with Crippen LogP contribution in [0.4, 0.5) is 5.69 Å². The Balaban J connectivity index is 1.26. The lowest BCUT2D eigenvalue weighted by Gasteiger charge is -2.18. The first-order chi connectivity index (χ1) is 16.5. The van der Waals surface area contributed by atoms with E-state index in [1.54, 1.807) is 29.2 Å². The van der Waals surface area contributed by atoms with Crippen LogP contribution >= 0.6 is 0 Å². The number of ether oxygens (including phenoxy) is 1. The highest BCUT2D eigenvalue weighted by molar-refractivity contribution is 6.24. The van der Waals surface area contributed by atoms with E-state index in [9.17, 15) is 14.7 Å². The third-order valence-electron chi connectivity index (χ3n) is 5.79. The van der Waals surface area contributed by atoms with Crippen molar-refractivity contribution in [3.63, 3.8) is 0 Å². The van der Waals surface area contributed by atoms with Gasteiger partial charge in [0.15, 0.2) is 11.5 Å². The van der Waals surface area contributed by atoms with E-state index in [2.05, 4.69) is 10.5 Å². The number of benzene rings is 4. The Hall–Kier alpha value is -4.65. The van der Waals surface area contributed by atoms with Crippen molar-refractivity contribution in [3.8, 4) is 11.5 Å². The minimum absolute atomic E-state index is 0.0196. The number of carbonyl (C=O) groups is 2. The lowest BCUT2D eigenvalue weighted by Crippen LogP contribution is -2.26. The molecule has 0 spiro atoms. The summed E-state index contributed by atoms with van der Waals surface area (Å²) >= 11 is 0. The van der Waals surface area contributed by atoms with Crippen molar-refractivity contribution in [2.45, 2.75) is 6.54 Å². The maximum atomic E-state index is 13.0. The first-order valence-corrected chi connectivity index (χ1v) is 10.7. The molecule has 1 aliphatic rings. The Morgan fingerprint density at radius 2 is 1.82 bits per heavy atom. The van der Waals surface area contributed by atoms with Crippen molar-refractivity contribution in [1.82, 2.24) is 5.43 Å². The predicted molar refractivity (Wildman–Crippen MR) is 131 cm³/mol. The summed E-state index contributed by atoms with van der Waals surface area (Å²) in [6.07, 6.45) is 1.46. The van der Waals surface area contributed by atoms with Crippen LogP contribution in [0, 0.1) is 0 Å². The highest BCUT2D eigenvalue weighted by Gasteiger charge is 2.29. The number of methoxy groups -OCH3 is 1. The number of aromatic hydroxyl groups is 1. The van der Waals surface area contributed by atoms with E-state index < -0.39 is 0 Å². The summed E-state index contributed by atoms with van der Waals surface area (Å²) < 4.78 is 5.06. The number of rotatable bonds is 6. The first-order valence-electron chi connectivity index (χ1n) is 10.7. The van der Waals surface area contributed by atoms with Crippen LogP contribution in [0.2, 0.25) is 0 Å². The quantitative estimate of drug-likeness (QED) is 0.334. The Kier molecular flexibility index (Phi) is 5.43. The summed E-state index contributed by atoms with van der Waals surface area (Å²) in [7, 11) is 1.46. The predicted octanol–water partition coefficient (Wildman–Crippen LogP) is 4.48. The number of carbonyl (C=O) groups excluding carboxylic acids is 2. The lowest BCUT2D eigenvalue weighted by atomic mass is 10.1. The minimum atomic E-state index is -0.358. The van der Waals surface area contributed by atoms with E-state index in [1.165, 1.54) is 19.4 Å². The van der Waals surface area contributed by atoms with E-state index >= 15 is 0 Å². The number of amides is 2. The van der Waals surface area contributed by atoms with Crippen LogP contribution < -0.4 is 15.1 Å². The Labute approximate surface area is 195 Å². The average molecular weight is 451 g/mol. The number of hydrazone groups is 1. The van der Waals surface area contributed by atoms with Crippen molar-refractivity contribution in [1.29, 1.82) is 0 Å². The molecule has 0 aliphatic carbocycles. The van der Waals surface area contributed by atoms with Crippen LogP contribution in [-0.2, 0) is 6.54 Å². The van der Waals surface area contributed by atoms with E-state index in [0.29, 0.717) is 29.0 Å². The number of hydrogen-bond donors (Lipinski definition) is 2. The summed E-state index contributed by atoms with van der Waals surface area (Å²) in [4.78, 5) is 27.2. The van der Waals surface area contributed by atoms with Crippen molar-refractivity contribution in [2.75, 3.05) is 12.0 Å². The molecule has 2 N–H and O–H groups in total. The number of phenolic OH excluding ortho intramolecular Hbond substituents is 1. The van der Waals surface area contributed by atoms with Gasteiger partial charge in [-0.3, -0.25) is 9.59 Å². The second-order valence-electron chi connectivity index (χ2n) is 7.90. The normalized spacial score (nSPS) is 12.5. The van der Waals surface area contributed by atoms with E-state index in [4.69, 9.17) is 4.74 Å². The maximum Gasteiger partial charge on any atom is 0.271 e. The summed E-state index contributed by atoms with van der Waals surface area (Å²) in [6, 6.07) is 23.5. The molecule has 0 saturated carbocycles.